The molecular weight excluding hydrogens is 466 g/mol. The van der Waals surface area contributed by atoms with Crippen LogP contribution in [0.25, 0.3) is 16.5 Å². The molecule has 6 heteroatoms. The number of aliphatic hydroxyl groups excluding tert-OH is 1. The molecule has 37 heavy (non-hydrogen) atoms. The summed E-state index contributed by atoms with van der Waals surface area (Å²) in [6, 6.07) is 27.1. The van der Waals surface area contributed by atoms with Crippen LogP contribution in [0.3, 0.4) is 0 Å². The molecule has 0 spiro atoms. The maximum absolute atomic E-state index is 13.4. The lowest BCUT2D eigenvalue weighted by Gasteiger charge is -2.25. The zero-order chi connectivity index (χ0) is 25.9. The topological polar surface area (TPSA) is 76.1 Å². The van der Waals surface area contributed by atoms with Gasteiger partial charge in [-0.15, -0.1) is 0 Å². The lowest BCUT2D eigenvalue weighted by Crippen LogP contribution is -2.29. The fourth-order valence-corrected chi connectivity index (χ4v) is 4.72. The fraction of sp³-hybridized carbons (Fsp3) is 0.161. The first-order chi connectivity index (χ1) is 18.0. The van der Waals surface area contributed by atoms with Crippen molar-refractivity contribution >= 4 is 28.2 Å². The number of fused-ring (bicyclic) bond motifs is 1. The normalized spacial score (nSPS) is 16.8. The van der Waals surface area contributed by atoms with Crippen molar-refractivity contribution in [3.8, 4) is 11.5 Å². The number of nitrogens with zero attached hydrogens (tertiary/aromatic N) is 1. The molecular formula is C31H27NO5. The maximum Gasteiger partial charge on any atom is 0.295 e. The molecule has 0 radical (unpaired) electrons. The molecule has 6 nitrogen and oxygen atoms in total. The Bertz CT molecular complexity index is 1490. The Morgan fingerprint density at radius 1 is 0.865 bits per heavy atom. The van der Waals surface area contributed by atoms with Gasteiger partial charge in [0, 0.05) is 12.1 Å². The Balaban J connectivity index is 1.61. The van der Waals surface area contributed by atoms with Crippen LogP contribution in [0, 0.1) is 0 Å². The first-order valence-electron chi connectivity index (χ1n) is 12.1. The Labute approximate surface area is 215 Å². The van der Waals surface area contributed by atoms with Gasteiger partial charge in [-0.3, -0.25) is 9.59 Å². The van der Waals surface area contributed by atoms with Gasteiger partial charge < -0.3 is 19.5 Å². The van der Waals surface area contributed by atoms with Gasteiger partial charge in [0.05, 0.1) is 25.3 Å². The number of amides is 1. The molecule has 0 aliphatic carbocycles. The summed E-state index contributed by atoms with van der Waals surface area (Å²) in [6.45, 7) is 2.62. The van der Waals surface area contributed by atoms with Gasteiger partial charge in [-0.2, -0.15) is 0 Å². The molecule has 1 atom stereocenters. The molecule has 1 aliphatic heterocycles. The molecule has 0 bridgehead atoms. The second-order valence-corrected chi connectivity index (χ2v) is 8.84. The van der Waals surface area contributed by atoms with Crippen LogP contribution in [-0.2, 0) is 16.1 Å². The summed E-state index contributed by atoms with van der Waals surface area (Å²) in [6.07, 6.45) is 0. The van der Waals surface area contributed by atoms with Crippen molar-refractivity contribution in [3.05, 3.63) is 113 Å². The molecule has 1 saturated heterocycles. The van der Waals surface area contributed by atoms with Crippen LogP contribution in [0.4, 0.5) is 0 Å². The van der Waals surface area contributed by atoms with E-state index in [1.807, 2.05) is 91.9 Å². The van der Waals surface area contributed by atoms with Gasteiger partial charge in [-0.05, 0) is 59.2 Å². The highest BCUT2D eigenvalue weighted by Gasteiger charge is 2.46. The maximum atomic E-state index is 13.4. The van der Waals surface area contributed by atoms with E-state index in [1.54, 1.807) is 13.2 Å². The summed E-state index contributed by atoms with van der Waals surface area (Å²) in [7, 11) is 1.59. The van der Waals surface area contributed by atoms with Gasteiger partial charge in [0.2, 0.25) is 0 Å². The van der Waals surface area contributed by atoms with Crippen molar-refractivity contribution in [1.82, 2.24) is 4.90 Å². The van der Waals surface area contributed by atoms with E-state index in [1.165, 1.54) is 4.90 Å². The minimum absolute atomic E-state index is 0.0675. The molecule has 1 amide bonds. The second kappa shape index (κ2) is 10.2. The molecule has 1 aliphatic rings. The highest BCUT2D eigenvalue weighted by atomic mass is 16.5. The first kappa shape index (κ1) is 24.1. The van der Waals surface area contributed by atoms with E-state index >= 15 is 0 Å². The molecule has 0 aromatic heterocycles. The molecule has 1 heterocycles. The van der Waals surface area contributed by atoms with Crippen molar-refractivity contribution in [2.75, 3.05) is 13.7 Å². The van der Waals surface area contributed by atoms with Gasteiger partial charge in [0.1, 0.15) is 17.3 Å². The van der Waals surface area contributed by atoms with Crippen molar-refractivity contribution in [2.24, 2.45) is 0 Å². The molecule has 1 unspecified atom stereocenters. The minimum Gasteiger partial charge on any atom is -0.507 e. The van der Waals surface area contributed by atoms with Crippen LogP contribution in [0.1, 0.15) is 29.7 Å². The number of hydrogen-bond acceptors (Lipinski definition) is 5. The molecule has 1 N–H and O–H groups in total. The smallest absolute Gasteiger partial charge is 0.295 e. The summed E-state index contributed by atoms with van der Waals surface area (Å²) in [5, 5.41) is 13.4. The number of ether oxygens (including phenoxy) is 2. The predicted octanol–water partition coefficient (Wildman–Crippen LogP) is 5.87. The summed E-state index contributed by atoms with van der Waals surface area (Å²) < 4.78 is 10.8. The van der Waals surface area contributed by atoms with Gasteiger partial charge in [0.15, 0.2) is 0 Å². The minimum atomic E-state index is -0.760. The molecule has 186 valence electrons. The van der Waals surface area contributed by atoms with Gasteiger partial charge >= 0.3 is 0 Å². The quantitative estimate of drug-likeness (QED) is 0.198. The average Bonchev–Trinajstić information content (AvgIpc) is 3.18. The van der Waals surface area contributed by atoms with E-state index < -0.39 is 17.7 Å². The van der Waals surface area contributed by atoms with E-state index in [9.17, 15) is 14.7 Å². The van der Waals surface area contributed by atoms with Gasteiger partial charge in [0.25, 0.3) is 11.7 Å². The summed E-state index contributed by atoms with van der Waals surface area (Å²) >= 11 is 0. The lowest BCUT2D eigenvalue weighted by atomic mass is 9.94. The number of carbonyl (C=O) groups excluding carboxylic acids is 2. The zero-order valence-corrected chi connectivity index (χ0v) is 20.7. The van der Waals surface area contributed by atoms with Crippen molar-refractivity contribution in [3.63, 3.8) is 0 Å². The third kappa shape index (κ3) is 4.66. The third-order valence-corrected chi connectivity index (χ3v) is 6.58. The number of likely N-dealkylation sites (tertiary alicyclic amines) is 1. The van der Waals surface area contributed by atoms with Gasteiger partial charge in [-0.1, -0.05) is 60.7 Å². The van der Waals surface area contributed by atoms with Crippen LogP contribution in [0.15, 0.2) is 96.6 Å². The highest BCUT2D eigenvalue weighted by molar-refractivity contribution is 6.46. The SMILES string of the molecule is CCOc1ccc(C2/C(=C(/O)c3ccc4ccccc4c3)C(=O)C(=O)N2Cc2ccc(OC)cc2)cc1. The molecule has 4 aromatic carbocycles. The molecule has 5 rings (SSSR count). The number of aliphatic hydroxyl groups is 1. The molecule has 0 saturated carbocycles. The number of Topliss-reactive ketones (excluding diaryl/α,β-unsaturated/α-hetero) is 1. The number of methoxy groups -OCH3 is 1. The van der Waals surface area contributed by atoms with Crippen LogP contribution in [0.2, 0.25) is 0 Å². The first-order valence-corrected chi connectivity index (χ1v) is 12.1. The van der Waals surface area contributed by atoms with Crippen LogP contribution in [-0.4, -0.2) is 35.4 Å². The monoisotopic (exact) mass is 493 g/mol. The van der Waals surface area contributed by atoms with E-state index in [4.69, 9.17) is 9.47 Å². The summed E-state index contributed by atoms with van der Waals surface area (Å²) in [5.41, 5.74) is 2.10. The Morgan fingerprint density at radius 3 is 2.22 bits per heavy atom. The Morgan fingerprint density at radius 2 is 1.54 bits per heavy atom. The Hall–Kier alpha value is -4.58. The van der Waals surface area contributed by atoms with Crippen LogP contribution < -0.4 is 9.47 Å². The Kier molecular flexibility index (Phi) is 6.64. The van der Waals surface area contributed by atoms with Crippen LogP contribution >= 0.6 is 0 Å². The highest BCUT2D eigenvalue weighted by Crippen LogP contribution is 2.41. The zero-order valence-electron chi connectivity index (χ0n) is 20.7. The van der Waals surface area contributed by atoms with Gasteiger partial charge in [-0.25, -0.2) is 0 Å². The number of benzene rings is 4. The van der Waals surface area contributed by atoms with Crippen molar-refractivity contribution in [2.45, 2.75) is 19.5 Å². The van der Waals surface area contributed by atoms with Crippen LogP contribution in [0.5, 0.6) is 11.5 Å². The lowest BCUT2D eigenvalue weighted by molar-refractivity contribution is -0.140. The van der Waals surface area contributed by atoms with E-state index in [0.29, 0.717) is 29.2 Å². The number of hydrogen-bond donors (Lipinski definition) is 1. The average molecular weight is 494 g/mol. The molecule has 4 aromatic rings. The third-order valence-electron chi connectivity index (χ3n) is 6.58. The van der Waals surface area contributed by atoms with E-state index in [0.717, 1.165) is 16.3 Å². The summed E-state index contributed by atoms with van der Waals surface area (Å²) in [5.74, 6) is -0.173. The predicted molar refractivity (Wildman–Crippen MR) is 142 cm³/mol. The second-order valence-electron chi connectivity index (χ2n) is 8.84. The fourth-order valence-electron chi connectivity index (χ4n) is 4.72. The van der Waals surface area contributed by atoms with E-state index in [-0.39, 0.29) is 17.9 Å². The largest absolute Gasteiger partial charge is 0.507 e. The summed E-state index contributed by atoms with van der Waals surface area (Å²) in [4.78, 5) is 28.2. The number of rotatable bonds is 7. The van der Waals surface area contributed by atoms with Crippen molar-refractivity contribution < 1.29 is 24.2 Å². The van der Waals surface area contributed by atoms with E-state index in [2.05, 4.69) is 0 Å². The molecule has 1 fully saturated rings. The standard InChI is InChI=1S/C31H27NO5/c1-3-37-26-16-12-22(13-17-26)28-27(29(33)24-11-10-21-6-4-5-7-23(21)18-24)30(34)31(35)32(28)19-20-8-14-25(36-2)15-9-20/h4-18,28,33H,3,19H2,1-2H3/b29-27-. The number of ketones is 1. The number of carbonyl (C=O) groups is 2. The van der Waals surface area contributed by atoms with Crippen molar-refractivity contribution in [1.29, 1.82) is 0 Å².